The topological polar surface area (TPSA) is 26.0 Å². The first-order valence-corrected chi connectivity index (χ1v) is 7.54. The van der Waals surface area contributed by atoms with Crippen LogP contribution in [-0.2, 0) is 6.42 Å². The highest BCUT2D eigenvalue weighted by molar-refractivity contribution is 9.10. The van der Waals surface area contributed by atoms with Crippen LogP contribution in [0.5, 0.6) is 0 Å². The van der Waals surface area contributed by atoms with Crippen molar-refractivity contribution in [2.75, 3.05) is 0 Å². The summed E-state index contributed by atoms with van der Waals surface area (Å²) in [5, 5.41) is 1.74. The Morgan fingerprint density at radius 1 is 0.947 bits per heavy atom. The maximum absolute atomic E-state index is 6.18. The molecular formula is C14H11BrCl3N. The Balaban J connectivity index is 2.17. The molecule has 0 bridgehead atoms. The Labute approximate surface area is 135 Å². The van der Waals surface area contributed by atoms with Gasteiger partial charge in [-0.05, 0) is 57.7 Å². The molecule has 0 saturated heterocycles. The molecule has 0 heterocycles. The van der Waals surface area contributed by atoms with Gasteiger partial charge in [-0.25, -0.2) is 0 Å². The van der Waals surface area contributed by atoms with Crippen LogP contribution in [0.2, 0.25) is 15.1 Å². The highest BCUT2D eigenvalue weighted by Gasteiger charge is 2.10. The normalized spacial score (nSPS) is 12.5. The Kier molecular flexibility index (Phi) is 5.15. The van der Waals surface area contributed by atoms with Crippen molar-refractivity contribution in [1.29, 1.82) is 0 Å². The molecule has 0 aliphatic heterocycles. The summed E-state index contributed by atoms with van der Waals surface area (Å²) in [7, 11) is 0. The molecule has 0 saturated carbocycles. The Bertz CT molecular complexity index is 601. The van der Waals surface area contributed by atoms with E-state index in [1.54, 1.807) is 6.07 Å². The van der Waals surface area contributed by atoms with Crippen LogP contribution in [0, 0.1) is 0 Å². The average Bonchev–Trinajstić information content (AvgIpc) is 2.37. The van der Waals surface area contributed by atoms with E-state index in [1.165, 1.54) is 0 Å². The van der Waals surface area contributed by atoms with Gasteiger partial charge in [0.05, 0.1) is 15.1 Å². The molecular weight excluding hydrogens is 368 g/mol. The molecule has 0 aromatic heterocycles. The van der Waals surface area contributed by atoms with E-state index in [0.717, 1.165) is 15.6 Å². The summed E-state index contributed by atoms with van der Waals surface area (Å²) < 4.78 is 0.861. The molecule has 19 heavy (non-hydrogen) atoms. The van der Waals surface area contributed by atoms with Gasteiger partial charge >= 0.3 is 0 Å². The number of nitrogens with two attached hydrogens (primary N) is 1. The Morgan fingerprint density at radius 2 is 1.68 bits per heavy atom. The molecule has 5 heteroatoms. The molecule has 1 unspecified atom stereocenters. The SMILES string of the molecule is NC(Cc1ccc(Cl)c(Cl)c1)c1ccc(Br)c(Cl)c1. The zero-order valence-corrected chi connectivity index (χ0v) is 13.7. The van der Waals surface area contributed by atoms with Gasteiger partial charge in [0, 0.05) is 10.5 Å². The summed E-state index contributed by atoms with van der Waals surface area (Å²) in [6.45, 7) is 0. The molecule has 0 spiro atoms. The molecule has 2 N–H and O–H groups in total. The van der Waals surface area contributed by atoms with Crippen LogP contribution < -0.4 is 5.73 Å². The molecule has 2 aromatic carbocycles. The van der Waals surface area contributed by atoms with E-state index in [4.69, 9.17) is 40.5 Å². The van der Waals surface area contributed by atoms with Crippen LogP contribution in [0.15, 0.2) is 40.9 Å². The number of rotatable bonds is 3. The number of halogens is 4. The third-order valence-electron chi connectivity index (χ3n) is 2.81. The van der Waals surface area contributed by atoms with E-state index in [2.05, 4.69) is 15.9 Å². The van der Waals surface area contributed by atoms with Crippen molar-refractivity contribution >= 4 is 50.7 Å². The molecule has 0 aliphatic carbocycles. The van der Waals surface area contributed by atoms with Gasteiger partial charge in [0.2, 0.25) is 0 Å². The van der Waals surface area contributed by atoms with Gasteiger partial charge < -0.3 is 5.73 Å². The van der Waals surface area contributed by atoms with Crippen molar-refractivity contribution in [2.24, 2.45) is 5.73 Å². The van der Waals surface area contributed by atoms with Crippen LogP contribution in [0.1, 0.15) is 17.2 Å². The monoisotopic (exact) mass is 377 g/mol. The van der Waals surface area contributed by atoms with E-state index in [0.29, 0.717) is 21.5 Å². The van der Waals surface area contributed by atoms with Gasteiger partial charge in [0.1, 0.15) is 0 Å². The van der Waals surface area contributed by atoms with Crippen LogP contribution in [0.3, 0.4) is 0 Å². The Hall–Kier alpha value is -0.250. The lowest BCUT2D eigenvalue weighted by Gasteiger charge is -2.13. The molecule has 2 aromatic rings. The first kappa shape index (κ1) is 15.1. The van der Waals surface area contributed by atoms with Gasteiger partial charge in [0.15, 0.2) is 0 Å². The quantitative estimate of drug-likeness (QED) is 0.732. The lowest BCUT2D eigenvalue weighted by Crippen LogP contribution is -2.13. The lowest BCUT2D eigenvalue weighted by atomic mass is 10.00. The maximum atomic E-state index is 6.18. The minimum atomic E-state index is -0.136. The highest BCUT2D eigenvalue weighted by Crippen LogP contribution is 2.28. The van der Waals surface area contributed by atoms with Crippen molar-refractivity contribution in [3.05, 3.63) is 67.1 Å². The summed E-state index contributed by atoms with van der Waals surface area (Å²) in [6, 6.07) is 11.1. The second-order valence-corrected chi connectivity index (χ2v) is 6.31. The first-order valence-electron chi connectivity index (χ1n) is 5.62. The van der Waals surface area contributed by atoms with E-state index >= 15 is 0 Å². The van der Waals surface area contributed by atoms with Crippen molar-refractivity contribution in [2.45, 2.75) is 12.5 Å². The van der Waals surface area contributed by atoms with E-state index in [1.807, 2.05) is 30.3 Å². The summed E-state index contributed by atoms with van der Waals surface area (Å²) >= 11 is 21.3. The second kappa shape index (κ2) is 6.47. The summed E-state index contributed by atoms with van der Waals surface area (Å²) in [5.74, 6) is 0. The van der Waals surface area contributed by atoms with Gasteiger partial charge in [-0.15, -0.1) is 0 Å². The molecule has 0 radical (unpaired) electrons. The van der Waals surface area contributed by atoms with E-state index < -0.39 is 0 Å². The molecule has 0 amide bonds. The van der Waals surface area contributed by atoms with Crippen molar-refractivity contribution in [3.63, 3.8) is 0 Å². The standard InChI is InChI=1S/C14H11BrCl3N/c15-10-3-2-9(7-12(10)17)14(19)6-8-1-4-11(16)13(18)5-8/h1-5,7,14H,6,19H2. The maximum Gasteiger partial charge on any atom is 0.0595 e. The number of benzene rings is 2. The predicted molar refractivity (Wildman–Crippen MR) is 86.2 cm³/mol. The summed E-state index contributed by atoms with van der Waals surface area (Å²) in [6.07, 6.45) is 0.675. The largest absolute Gasteiger partial charge is 0.324 e. The molecule has 1 nitrogen and oxygen atoms in total. The fraction of sp³-hybridized carbons (Fsp3) is 0.143. The van der Waals surface area contributed by atoms with E-state index in [-0.39, 0.29) is 6.04 Å². The van der Waals surface area contributed by atoms with Crippen LogP contribution in [0.25, 0.3) is 0 Å². The number of hydrogen-bond acceptors (Lipinski definition) is 1. The van der Waals surface area contributed by atoms with E-state index in [9.17, 15) is 0 Å². The average molecular weight is 380 g/mol. The highest BCUT2D eigenvalue weighted by atomic mass is 79.9. The zero-order valence-electron chi connectivity index (χ0n) is 9.84. The summed E-state index contributed by atoms with van der Waals surface area (Å²) in [4.78, 5) is 0. The molecule has 2 rings (SSSR count). The second-order valence-electron chi connectivity index (χ2n) is 4.23. The van der Waals surface area contributed by atoms with Crippen molar-refractivity contribution in [1.82, 2.24) is 0 Å². The third kappa shape index (κ3) is 3.87. The molecule has 0 aliphatic rings. The minimum absolute atomic E-state index is 0.136. The predicted octanol–water partition coefficient (Wildman–Crippen LogP) is 5.65. The molecule has 1 atom stereocenters. The van der Waals surface area contributed by atoms with Gasteiger partial charge in [-0.3, -0.25) is 0 Å². The smallest absolute Gasteiger partial charge is 0.0595 e. The van der Waals surface area contributed by atoms with Gasteiger partial charge in [-0.1, -0.05) is 46.9 Å². The van der Waals surface area contributed by atoms with Crippen molar-refractivity contribution < 1.29 is 0 Å². The first-order chi connectivity index (χ1) is 8.97. The zero-order chi connectivity index (χ0) is 14.0. The molecule has 0 fully saturated rings. The van der Waals surface area contributed by atoms with Crippen LogP contribution in [-0.4, -0.2) is 0 Å². The summed E-state index contributed by atoms with van der Waals surface area (Å²) in [5.41, 5.74) is 8.21. The van der Waals surface area contributed by atoms with Crippen molar-refractivity contribution in [3.8, 4) is 0 Å². The number of hydrogen-bond donors (Lipinski definition) is 1. The fourth-order valence-corrected chi connectivity index (χ4v) is 2.54. The fourth-order valence-electron chi connectivity index (χ4n) is 1.78. The lowest BCUT2D eigenvalue weighted by molar-refractivity contribution is 0.722. The Morgan fingerprint density at radius 3 is 2.32 bits per heavy atom. The molecule has 100 valence electrons. The third-order valence-corrected chi connectivity index (χ3v) is 4.78. The van der Waals surface area contributed by atoms with Gasteiger partial charge in [-0.2, -0.15) is 0 Å². The van der Waals surface area contributed by atoms with Gasteiger partial charge in [0.25, 0.3) is 0 Å². The minimum Gasteiger partial charge on any atom is -0.324 e. The van der Waals surface area contributed by atoms with Crippen LogP contribution in [0.4, 0.5) is 0 Å². The van der Waals surface area contributed by atoms with Crippen LogP contribution >= 0.6 is 50.7 Å².